The fourth-order valence-electron chi connectivity index (χ4n) is 1.94. The highest BCUT2D eigenvalue weighted by molar-refractivity contribution is 7.86. The molecule has 0 aromatic carbocycles. The molecule has 0 bridgehead atoms. The molecule has 23 heavy (non-hydrogen) atoms. The molecule has 0 aromatic rings. The van der Waals surface area contributed by atoms with Gasteiger partial charge in [0.05, 0.1) is 5.92 Å². The van der Waals surface area contributed by atoms with E-state index in [0.717, 1.165) is 6.42 Å². The SMILES string of the molecule is O=C(OC(F)(OCC(F)(F)S(=O)(=O)O)C(=O)O)C1CCCCC1. The van der Waals surface area contributed by atoms with Crippen molar-refractivity contribution in [2.45, 2.75) is 43.4 Å². The molecule has 0 aliphatic heterocycles. The lowest BCUT2D eigenvalue weighted by Crippen LogP contribution is -2.47. The average molecular weight is 364 g/mol. The van der Waals surface area contributed by atoms with Crippen LogP contribution >= 0.6 is 0 Å². The Labute approximate surface area is 129 Å². The molecule has 0 heterocycles. The largest absolute Gasteiger partial charge is 0.474 e. The third kappa shape index (κ3) is 5.04. The second kappa shape index (κ2) is 7.01. The van der Waals surface area contributed by atoms with Crippen LogP contribution in [0.25, 0.3) is 0 Å². The zero-order chi connectivity index (χ0) is 17.9. The van der Waals surface area contributed by atoms with Crippen molar-refractivity contribution in [3.8, 4) is 0 Å². The Morgan fingerprint density at radius 1 is 1.13 bits per heavy atom. The third-order valence-corrected chi connectivity index (χ3v) is 4.10. The van der Waals surface area contributed by atoms with Crippen molar-refractivity contribution in [3.05, 3.63) is 0 Å². The van der Waals surface area contributed by atoms with Gasteiger partial charge in [-0.2, -0.15) is 21.6 Å². The van der Waals surface area contributed by atoms with Crippen LogP contribution in [0.15, 0.2) is 0 Å². The maximum Gasteiger partial charge on any atom is 0.469 e. The second-order valence-corrected chi connectivity index (χ2v) is 6.55. The molecule has 1 saturated carbocycles. The summed E-state index contributed by atoms with van der Waals surface area (Å²) < 4.78 is 76.5. The van der Waals surface area contributed by atoms with Gasteiger partial charge in [-0.25, -0.2) is 4.79 Å². The summed E-state index contributed by atoms with van der Waals surface area (Å²) in [5.41, 5.74) is 0. The van der Waals surface area contributed by atoms with Gasteiger partial charge < -0.3 is 9.84 Å². The van der Waals surface area contributed by atoms with E-state index in [1.165, 1.54) is 0 Å². The van der Waals surface area contributed by atoms with Crippen LogP contribution < -0.4 is 0 Å². The lowest BCUT2D eigenvalue weighted by atomic mass is 9.89. The van der Waals surface area contributed by atoms with Gasteiger partial charge >= 0.3 is 33.4 Å². The molecule has 2 N–H and O–H groups in total. The summed E-state index contributed by atoms with van der Waals surface area (Å²) in [5.74, 6) is -4.64. The minimum Gasteiger partial charge on any atom is -0.474 e. The number of esters is 1. The fourth-order valence-corrected chi connectivity index (χ4v) is 2.15. The summed E-state index contributed by atoms with van der Waals surface area (Å²) in [5, 5.41) is 3.67. The second-order valence-electron chi connectivity index (χ2n) is 5.00. The van der Waals surface area contributed by atoms with Crippen LogP contribution in [0, 0.1) is 5.92 Å². The third-order valence-electron chi connectivity index (χ3n) is 3.23. The number of hydrogen-bond acceptors (Lipinski definition) is 6. The van der Waals surface area contributed by atoms with Crippen LogP contribution in [0.4, 0.5) is 13.2 Å². The standard InChI is InChI=1S/C11H15F3O8S/c12-10(13,23(18,19)20)6-21-11(14,9(16)17)22-8(15)7-4-2-1-3-5-7/h7H,1-6H2,(H,16,17)(H,18,19,20). The molecule has 1 aliphatic carbocycles. The van der Waals surface area contributed by atoms with Crippen LogP contribution in [0.3, 0.4) is 0 Å². The molecule has 1 aliphatic rings. The van der Waals surface area contributed by atoms with Crippen LogP contribution in [0.2, 0.25) is 0 Å². The maximum atomic E-state index is 14.0. The van der Waals surface area contributed by atoms with E-state index in [2.05, 4.69) is 9.47 Å². The van der Waals surface area contributed by atoms with Crippen LogP contribution in [-0.2, 0) is 29.2 Å². The van der Waals surface area contributed by atoms with Crippen molar-refractivity contribution in [2.24, 2.45) is 5.92 Å². The number of alkyl halides is 3. The number of carbonyl (C=O) groups is 2. The average Bonchev–Trinajstić information content (AvgIpc) is 2.45. The van der Waals surface area contributed by atoms with Gasteiger partial charge in [0, 0.05) is 0 Å². The Balaban J connectivity index is 2.79. The minimum atomic E-state index is -5.96. The molecule has 0 aromatic heterocycles. The van der Waals surface area contributed by atoms with E-state index in [0.29, 0.717) is 25.7 Å². The Hall–Kier alpha value is -1.40. The van der Waals surface area contributed by atoms with Crippen LogP contribution in [0.5, 0.6) is 0 Å². The molecule has 0 radical (unpaired) electrons. The molecule has 0 amide bonds. The van der Waals surface area contributed by atoms with Crippen molar-refractivity contribution >= 4 is 22.1 Å². The van der Waals surface area contributed by atoms with E-state index >= 15 is 0 Å². The van der Waals surface area contributed by atoms with E-state index in [1.807, 2.05) is 0 Å². The lowest BCUT2D eigenvalue weighted by molar-refractivity contribution is -0.304. The quantitative estimate of drug-likeness (QED) is 0.393. The van der Waals surface area contributed by atoms with Crippen molar-refractivity contribution in [2.75, 3.05) is 6.61 Å². The highest BCUT2D eigenvalue weighted by Crippen LogP contribution is 2.29. The molecule has 0 saturated heterocycles. The topological polar surface area (TPSA) is 127 Å². The first-order valence-electron chi connectivity index (χ1n) is 6.53. The lowest BCUT2D eigenvalue weighted by Gasteiger charge is -2.26. The predicted molar refractivity (Wildman–Crippen MR) is 66.6 cm³/mol. The normalized spacial score (nSPS) is 19.8. The Morgan fingerprint density at radius 2 is 1.65 bits per heavy atom. The molecular formula is C11H15F3O8S. The predicted octanol–water partition coefficient (Wildman–Crippen LogP) is 1.31. The molecule has 1 fully saturated rings. The highest BCUT2D eigenvalue weighted by atomic mass is 32.2. The van der Waals surface area contributed by atoms with E-state index < -0.39 is 45.9 Å². The van der Waals surface area contributed by atoms with Gasteiger partial charge in [0.25, 0.3) is 0 Å². The van der Waals surface area contributed by atoms with E-state index in [1.54, 1.807) is 0 Å². The number of carbonyl (C=O) groups excluding carboxylic acids is 1. The summed E-state index contributed by atoms with van der Waals surface area (Å²) in [6, 6.07) is -4.29. The molecule has 1 unspecified atom stereocenters. The van der Waals surface area contributed by atoms with Gasteiger partial charge in [-0.3, -0.25) is 14.1 Å². The number of halogens is 3. The number of hydrogen-bond donors (Lipinski definition) is 2. The Morgan fingerprint density at radius 3 is 2.09 bits per heavy atom. The molecule has 134 valence electrons. The first-order valence-corrected chi connectivity index (χ1v) is 7.97. The molecule has 0 spiro atoms. The first-order chi connectivity index (χ1) is 10.4. The molecule has 1 rings (SSSR count). The molecule has 8 nitrogen and oxygen atoms in total. The summed E-state index contributed by atoms with van der Waals surface area (Å²) in [6.45, 7) is -2.35. The monoisotopic (exact) mass is 364 g/mol. The summed E-state index contributed by atoms with van der Waals surface area (Å²) >= 11 is 0. The highest BCUT2D eigenvalue weighted by Gasteiger charge is 2.52. The first kappa shape index (κ1) is 19.6. The van der Waals surface area contributed by atoms with Gasteiger partial charge in [-0.1, -0.05) is 19.3 Å². The summed E-state index contributed by atoms with van der Waals surface area (Å²) in [7, 11) is -5.96. The van der Waals surface area contributed by atoms with Gasteiger partial charge in [0.1, 0.15) is 6.61 Å². The van der Waals surface area contributed by atoms with Crippen molar-refractivity contribution < 1.29 is 50.3 Å². The van der Waals surface area contributed by atoms with Crippen molar-refractivity contribution in [1.29, 1.82) is 0 Å². The number of carboxylic acid groups (broad SMARTS) is 1. The molecule has 1 atom stereocenters. The van der Waals surface area contributed by atoms with E-state index in [4.69, 9.17) is 9.66 Å². The smallest absolute Gasteiger partial charge is 0.469 e. The number of carboxylic acids is 1. The summed E-state index contributed by atoms with van der Waals surface area (Å²) in [4.78, 5) is 22.5. The van der Waals surface area contributed by atoms with Crippen molar-refractivity contribution in [3.63, 3.8) is 0 Å². The zero-order valence-electron chi connectivity index (χ0n) is 11.7. The number of rotatable bonds is 7. The van der Waals surface area contributed by atoms with Crippen LogP contribution in [-0.4, -0.2) is 47.9 Å². The van der Waals surface area contributed by atoms with E-state index in [-0.39, 0.29) is 0 Å². The van der Waals surface area contributed by atoms with E-state index in [9.17, 15) is 31.2 Å². The van der Waals surface area contributed by atoms with Gasteiger partial charge in [0.2, 0.25) is 0 Å². The van der Waals surface area contributed by atoms with Gasteiger partial charge in [-0.05, 0) is 12.8 Å². The van der Waals surface area contributed by atoms with Gasteiger partial charge in [-0.15, -0.1) is 0 Å². The fraction of sp³-hybridized carbons (Fsp3) is 0.818. The van der Waals surface area contributed by atoms with Crippen LogP contribution in [0.1, 0.15) is 32.1 Å². The minimum absolute atomic E-state index is 0.315. The Kier molecular flexibility index (Phi) is 5.99. The van der Waals surface area contributed by atoms with Gasteiger partial charge in [0.15, 0.2) is 0 Å². The molecule has 12 heteroatoms. The Bertz CT molecular complexity index is 558. The zero-order valence-corrected chi connectivity index (χ0v) is 12.5. The maximum absolute atomic E-state index is 14.0. The number of aliphatic carboxylic acids is 1. The number of ether oxygens (including phenoxy) is 2. The van der Waals surface area contributed by atoms with Crippen molar-refractivity contribution in [1.82, 2.24) is 0 Å². The molecular weight excluding hydrogens is 349 g/mol. The summed E-state index contributed by atoms with van der Waals surface area (Å²) in [6.07, 6.45) is 2.73.